The first-order valence-electron chi connectivity index (χ1n) is 5.15. The van der Waals surface area contributed by atoms with E-state index in [1.807, 2.05) is 13.8 Å². The third kappa shape index (κ3) is 1.23. The van der Waals surface area contributed by atoms with Gasteiger partial charge >= 0.3 is 0 Å². The second-order valence-electron chi connectivity index (χ2n) is 5.26. The number of fused-ring (bicyclic) bond motifs is 5. The van der Waals surface area contributed by atoms with Gasteiger partial charge in [0.05, 0.1) is 6.10 Å². The van der Waals surface area contributed by atoms with E-state index in [0.717, 1.165) is 12.8 Å². The molecule has 2 bridgehead atoms. The molecule has 2 saturated carbocycles. The number of hydrogen-bond donors (Lipinski definition) is 1. The summed E-state index contributed by atoms with van der Waals surface area (Å²) in [5, 5.41) is 0. The molecule has 4 heteroatoms. The lowest BCUT2D eigenvalue weighted by Gasteiger charge is -2.30. The topological polar surface area (TPSA) is 44.5 Å². The Morgan fingerprint density at radius 2 is 2.00 bits per heavy atom. The summed E-state index contributed by atoms with van der Waals surface area (Å²) in [5.74, 6) is 0.236. The van der Waals surface area contributed by atoms with Crippen LogP contribution < -0.4 is 5.73 Å². The van der Waals surface area contributed by atoms with Crippen LogP contribution in [0.4, 0.5) is 0 Å². The number of halogens is 1. The van der Waals surface area contributed by atoms with Crippen LogP contribution in [0.25, 0.3) is 0 Å². The highest BCUT2D eigenvalue weighted by molar-refractivity contribution is 5.85. The molecular formula is C10H18ClNO2. The van der Waals surface area contributed by atoms with E-state index in [1.54, 1.807) is 0 Å². The first-order valence-corrected chi connectivity index (χ1v) is 5.15. The van der Waals surface area contributed by atoms with Gasteiger partial charge in [-0.1, -0.05) is 0 Å². The molecule has 4 atom stereocenters. The summed E-state index contributed by atoms with van der Waals surface area (Å²) < 4.78 is 11.7. The van der Waals surface area contributed by atoms with Gasteiger partial charge in [-0.15, -0.1) is 12.4 Å². The van der Waals surface area contributed by atoms with Crippen LogP contribution in [0.5, 0.6) is 0 Å². The van der Waals surface area contributed by atoms with E-state index >= 15 is 0 Å². The Morgan fingerprint density at radius 1 is 1.29 bits per heavy atom. The lowest BCUT2D eigenvalue weighted by atomic mass is 9.90. The summed E-state index contributed by atoms with van der Waals surface area (Å²) in [5.41, 5.74) is 6.22. The molecule has 0 radical (unpaired) electrons. The van der Waals surface area contributed by atoms with E-state index < -0.39 is 5.79 Å². The van der Waals surface area contributed by atoms with Gasteiger partial charge in [-0.3, -0.25) is 0 Å². The number of ether oxygens (including phenoxy) is 2. The lowest BCUT2D eigenvalue weighted by molar-refractivity contribution is -0.158. The van der Waals surface area contributed by atoms with Crippen LogP contribution in [0.3, 0.4) is 0 Å². The standard InChI is InChI=1S/C10H17NO2.ClH/c1-9(2)12-7-6-3-4-10(11,5-6)8(7)13-9;/h6-8H,3-5,11H2,1-2H3;1H. The minimum atomic E-state index is -0.414. The Labute approximate surface area is 90.7 Å². The van der Waals surface area contributed by atoms with Crippen molar-refractivity contribution < 1.29 is 9.47 Å². The fourth-order valence-corrected chi connectivity index (χ4v) is 3.26. The molecule has 0 aromatic heterocycles. The molecule has 4 unspecified atom stereocenters. The minimum absolute atomic E-state index is 0. The normalized spacial score (nSPS) is 52.9. The van der Waals surface area contributed by atoms with Gasteiger partial charge in [0.25, 0.3) is 0 Å². The molecule has 3 nitrogen and oxygen atoms in total. The van der Waals surface area contributed by atoms with Crippen molar-refractivity contribution in [3.05, 3.63) is 0 Å². The predicted octanol–water partition coefficient (Wildman–Crippen LogP) is 1.44. The maximum Gasteiger partial charge on any atom is 0.163 e. The molecule has 1 saturated heterocycles. The molecule has 3 rings (SSSR count). The van der Waals surface area contributed by atoms with Crippen LogP contribution in [-0.4, -0.2) is 23.5 Å². The average molecular weight is 220 g/mol. The van der Waals surface area contributed by atoms with Gasteiger partial charge < -0.3 is 15.2 Å². The third-order valence-corrected chi connectivity index (χ3v) is 3.78. The minimum Gasteiger partial charge on any atom is -0.344 e. The molecule has 0 amide bonds. The third-order valence-electron chi connectivity index (χ3n) is 3.78. The van der Waals surface area contributed by atoms with Crippen molar-refractivity contribution in [2.75, 3.05) is 0 Å². The quantitative estimate of drug-likeness (QED) is 0.671. The van der Waals surface area contributed by atoms with Crippen LogP contribution in [0, 0.1) is 5.92 Å². The Morgan fingerprint density at radius 3 is 2.64 bits per heavy atom. The van der Waals surface area contributed by atoms with E-state index in [2.05, 4.69) is 0 Å². The summed E-state index contributed by atoms with van der Waals surface area (Å²) in [6, 6.07) is 0. The summed E-state index contributed by atoms with van der Waals surface area (Å²) in [4.78, 5) is 0. The first-order chi connectivity index (χ1) is 6.00. The molecule has 1 heterocycles. The predicted molar refractivity (Wildman–Crippen MR) is 55.3 cm³/mol. The van der Waals surface area contributed by atoms with Gasteiger partial charge in [0.15, 0.2) is 5.79 Å². The molecule has 2 N–H and O–H groups in total. The highest BCUT2D eigenvalue weighted by atomic mass is 35.5. The Bertz CT molecular complexity index is 259. The van der Waals surface area contributed by atoms with E-state index in [1.165, 1.54) is 6.42 Å². The smallest absolute Gasteiger partial charge is 0.163 e. The fourth-order valence-electron chi connectivity index (χ4n) is 3.26. The monoisotopic (exact) mass is 219 g/mol. The maximum absolute atomic E-state index is 6.30. The van der Waals surface area contributed by atoms with Gasteiger partial charge in [-0.05, 0) is 39.0 Å². The van der Waals surface area contributed by atoms with Crippen molar-refractivity contribution in [3.63, 3.8) is 0 Å². The first kappa shape index (κ1) is 10.7. The van der Waals surface area contributed by atoms with Crippen LogP contribution in [0.2, 0.25) is 0 Å². The zero-order valence-electron chi connectivity index (χ0n) is 8.66. The van der Waals surface area contributed by atoms with E-state index in [-0.39, 0.29) is 30.2 Å². The van der Waals surface area contributed by atoms with Crippen molar-refractivity contribution >= 4 is 12.4 Å². The van der Waals surface area contributed by atoms with Crippen LogP contribution in [0.1, 0.15) is 33.1 Å². The molecule has 14 heavy (non-hydrogen) atoms. The van der Waals surface area contributed by atoms with Gasteiger partial charge in [0.2, 0.25) is 0 Å². The number of rotatable bonds is 0. The van der Waals surface area contributed by atoms with Gasteiger partial charge in [-0.2, -0.15) is 0 Å². The largest absolute Gasteiger partial charge is 0.344 e. The summed E-state index contributed by atoms with van der Waals surface area (Å²) >= 11 is 0. The van der Waals surface area contributed by atoms with Crippen LogP contribution in [0.15, 0.2) is 0 Å². The molecule has 0 aromatic carbocycles. The van der Waals surface area contributed by atoms with Crippen LogP contribution >= 0.6 is 12.4 Å². The second-order valence-corrected chi connectivity index (χ2v) is 5.26. The summed E-state index contributed by atoms with van der Waals surface area (Å²) in [6.07, 6.45) is 3.85. The molecule has 3 aliphatic rings. The Hall–Kier alpha value is 0.170. The summed E-state index contributed by atoms with van der Waals surface area (Å²) in [6.45, 7) is 3.96. The zero-order valence-corrected chi connectivity index (χ0v) is 9.47. The molecule has 1 aliphatic heterocycles. The Balaban J connectivity index is 0.000000750. The van der Waals surface area contributed by atoms with Crippen molar-refractivity contribution in [3.8, 4) is 0 Å². The molecule has 0 aromatic rings. The lowest BCUT2D eigenvalue weighted by Crippen LogP contribution is -2.50. The fraction of sp³-hybridized carbons (Fsp3) is 1.00. The van der Waals surface area contributed by atoms with Crippen molar-refractivity contribution in [1.82, 2.24) is 0 Å². The molecule has 2 aliphatic carbocycles. The van der Waals surface area contributed by atoms with Gasteiger partial charge in [-0.25, -0.2) is 0 Å². The Kier molecular flexibility index (Phi) is 2.17. The average Bonchev–Trinajstić information content (AvgIpc) is 2.56. The number of nitrogens with two attached hydrogens (primary N) is 1. The van der Waals surface area contributed by atoms with Gasteiger partial charge in [0.1, 0.15) is 6.10 Å². The zero-order chi connectivity index (χ0) is 9.27. The molecule has 82 valence electrons. The van der Waals surface area contributed by atoms with Gasteiger partial charge in [0, 0.05) is 5.54 Å². The SMILES string of the molecule is CC1(C)OC2C3CCC(N)(C3)C2O1.Cl. The molecular weight excluding hydrogens is 202 g/mol. The van der Waals surface area contributed by atoms with E-state index in [0.29, 0.717) is 5.92 Å². The van der Waals surface area contributed by atoms with E-state index in [4.69, 9.17) is 15.2 Å². The van der Waals surface area contributed by atoms with Crippen molar-refractivity contribution in [1.29, 1.82) is 0 Å². The van der Waals surface area contributed by atoms with Crippen molar-refractivity contribution in [2.24, 2.45) is 11.7 Å². The highest BCUT2D eigenvalue weighted by Gasteiger charge is 2.62. The summed E-state index contributed by atoms with van der Waals surface area (Å²) in [7, 11) is 0. The maximum atomic E-state index is 6.30. The van der Waals surface area contributed by atoms with E-state index in [9.17, 15) is 0 Å². The molecule has 3 fully saturated rings. The van der Waals surface area contributed by atoms with Crippen molar-refractivity contribution in [2.45, 2.75) is 56.6 Å². The molecule has 0 spiro atoms. The number of hydrogen-bond acceptors (Lipinski definition) is 3. The highest BCUT2D eigenvalue weighted by Crippen LogP contribution is 2.53. The second kappa shape index (κ2) is 2.85. The van der Waals surface area contributed by atoms with Crippen LogP contribution in [-0.2, 0) is 9.47 Å².